The van der Waals surface area contributed by atoms with Crippen molar-refractivity contribution in [2.75, 3.05) is 5.73 Å². The zero-order valence-electron chi connectivity index (χ0n) is 8.95. The molecule has 2 nitrogen and oxygen atoms in total. The van der Waals surface area contributed by atoms with E-state index < -0.39 is 17.3 Å². The van der Waals surface area contributed by atoms with E-state index in [4.69, 9.17) is 11.0 Å². The number of halogens is 3. The minimum atomic E-state index is -4.59. The number of alkyl halides is 3. The first-order valence-corrected chi connectivity index (χ1v) is 5.71. The highest BCUT2D eigenvalue weighted by Crippen LogP contribution is 2.46. The number of anilines is 1. The summed E-state index contributed by atoms with van der Waals surface area (Å²) < 4.78 is 39.0. The molecule has 0 bridgehead atoms. The van der Waals surface area contributed by atoms with Gasteiger partial charge in [0, 0.05) is 0 Å². The van der Waals surface area contributed by atoms with Gasteiger partial charge in [-0.05, 0) is 5.56 Å². The Kier molecular flexibility index (Phi) is 3.01. The van der Waals surface area contributed by atoms with Crippen LogP contribution in [0.5, 0.6) is 0 Å². The first-order chi connectivity index (χ1) is 8.45. The third kappa shape index (κ3) is 2.05. The molecule has 2 N–H and O–H groups in total. The molecule has 0 amide bonds. The van der Waals surface area contributed by atoms with Crippen molar-refractivity contribution >= 4 is 16.3 Å². The minimum absolute atomic E-state index is 0.0165. The smallest absolute Gasteiger partial charge is 0.389 e. The second-order valence-electron chi connectivity index (χ2n) is 3.52. The third-order valence-corrected chi connectivity index (χ3v) is 3.43. The van der Waals surface area contributed by atoms with E-state index in [1.54, 1.807) is 30.3 Å². The van der Waals surface area contributed by atoms with Crippen LogP contribution in [0.15, 0.2) is 30.3 Å². The lowest BCUT2D eigenvalue weighted by Crippen LogP contribution is -2.07. The number of nitrogens with zero attached hydrogens (tertiary/aromatic N) is 1. The average Bonchev–Trinajstić information content (AvgIpc) is 2.67. The maximum absolute atomic E-state index is 13.0. The molecule has 6 heteroatoms. The van der Waals surface area contributed by atoms with Gasteiger partial charge in [-0.2, -0.15) is 18.4 Å². The summed E-state index contributed by atoms with van der Waals surface area (Å²) in [5, 5.41) is 8.69. The SMILES string of the molecule is N#Cc1c(N)sc(-c2ccccc2)c1C(F)(F)F. The molecular weight excluding hydrogens is 261 g/mol. The molecule has 0 saturated heterocycles. The normalized spacial score (nSPS) is 11.2. The van der Waals surface area contributed by atoms with Gasteiger partial charge in [0.2, 0.25) is 0 Å². The van der Waals surface area contributed by atoms with Crippen molar-refractivity contribution in [3.8, 4) is 16.5 Å². The van der Waals surface area contributed by atoms with Crippen LogP contribution in [-0.2, 0) is 6.18 Å². The van der Waals surface area contributed by atoms with Crippen molar-refractivity contribution in [3.05, 3.63) is 41.5 Å². The topological polar surface area (TPSA) is 49.8 Å². The fourth-order valence-corrected chi connectivity index (χ4v) is 2.67. The molecule has 18 heavy (non-hydrogen) atoms. The van der Waals surface area contributed by atoms with Crippen LogP contribution >= 0.6 is 11.3 Å². The quantitative estimate of drug-likeness (QED) is 0.853. The molecule has 0 atom stereocenters. The number of rotatable bonds is 1. The number of thiophene rings is 1. The molecule has 1 heterocycles. The molecule has 0 aliphatic heterocycles. The van der Waals surface area contributed by atoms with Crippen LogP contribution in [0, 0.1) is 11.3 Å². The summed E-state index contributed by atoms with van der Waals surface area (Å²) in [6.07, 6.45) is -4.59. The van der Waals surface area contributed by atoms with Crippen molar-refractivity contribution < 1.29 is 13.2 Å². The third-order valence-electron chi connectivity index (χ3n) is 2.37. The predicted octanol–water partition coefficient (Wildman–Crippen LogP) is 3.89. The van der Waals surface area contributed by atoms with Crippen LogP contribution in [0.25, 0.3) is 10.4 Å². The first-order valence-electron chi connectivity index (χ1n) is 4.90. The van der Waals surface area contributed by atoms with Gasteiger partial charge < -0.3 is 5.73 Å². The van der Waals surface area contributed by atoms with E-state index in [2.05, 4.69) is 0 Å². The van der Waals surface area contributed by atoms with Crippen molar-refractivity contribution in [3.63, 3.8) is 0 Å². The average molecular weight is 268 g/mol. The summed E-state index contributed by atoms with van der Waals surface area (Å²) in [6, 6.07) is 9.62. The van der Waals surface area contributed by atoms with Gasteiger partial charge in [-0.1, -0.05) is 30.3 Å². The molecule has 92 valence electrons. The predicted molar refractivity (Wildman–Crippen MR) is 63.9 cm³/mol. The molecule has 0 aliphatic carbocycles. The zero-order valence-corrected chi connectivity index (χ0v) is 9.77. The lowest BCUT2D eigenvalue weighted by atomic mass is 10.1. The highest BCUT2D eigenvalue weighted by molar-refractivity contribution is 7.19. The minimum Gasteiger partial charge on any atom is -0.389 e. The van der Waals surface area contributed by atoms with Gasteiger partial charge >= 0.3 is 6.18 Å². The Morgan fingerprint density at radius 1 is 1.17 bits per heavy atom. The maximum Gasteiger partial charge on any atom is 0.419 e. The lowest BCUT2D eigenvalue weighted by Gasteiger charge is -2.08. The van der Waals surface area contributed by atoms with Crippen LogP contribution in [0.2, 0.25) is 0 Å². The van der Waals surface area contributed by atoms with Gasteiger partial charge in [0.05, 0.1) is 16.0 Å². The fourth-order valence-electron chi connectivity index (χ4n) is 1.62. The highest BCUT2D eigenvalue weighted by Gasteiger charge is 2.39. The summed E-state index contributed by atoms with van der Waals surface area (Å²) in [6.45, 7) is 0. The first kappa shape index (κ1) is 12.5. The van der Waals surface area contributed by atoms with Crippen molar-refractivity contribution in [2.24, 2.45) is 0 Å². The molecule has 0 unspecified atom stereocenters. The lowest BCUT2D eigenvalue weighted by molar-refractivity contribution is -0.136. The molecule has 0 radical (unpaired) electrons. The number of hydrogen-bond acceptors (Lipinski definition) is 3. The Hall–Kier alpha value is -2.00. The molecule has 0 aliphatic rings. The summed E-state index contributed by atoms with van der Waals surface area (Å²) in [4.78, 5) is -0.0165. The van der Waals surface area contributed by atoms with E-state index in [1.165, 1.54) is 6.07 Å². The number of nitrogens with two attached hydrogens (primary N) is 1. The van der Waals surface area contributed by atoms with Crippen LogP contribution < -0.4 is 5.73 Å². The Labute approximate surface area is 105 Å². The van der Waals surface area contributed by atoms with E-state index in [0.717, 1.165) is 11.3 Å². The molecule has 0 saturated carbocycles. The van der Waals surface area contributed by atoms with Crippen LogP contribution in [0.3, 0.4) is 0 Å². The second kappa shape index (κ2) is 4.35. The molecule has 2 aromatic rings. The number of benzene rings is 1. The number of nitrogen functional groups attached to an aromatic ring is 1. The molecular formula is C12H7F3N2S. The fraction of sp³-hybridized carbons (Fsp3) is 0.0833. The zero-order chi connectivity index (χ0) is 13.3. The van der Waals surface area contributed by atoms with Crippen molar-refractivity contribution in [1.82, 2.24) is 0 Å². The van der Waals surface area contributed by atoms with Gasteiger partial charge in [-0.25, -0.2) is 0 Å². The van der Waals surface area contributed by atoms with E-state index in [-0.39, 0.29) is 9.88 Å². The highest BCUT2D eigenvalue weighted by atomic mass is 32.1. The van der Waals surface area contributed by atoms with E-state index in [0.29, 0.717) is 5.56 Å². The van der Waals surface area contributed by atoms with Crippen molar-refractivity contribution in [1.29, 1.82) is 5.26 Å². The summed E-state index contributed by atoms with van der Waals surface area (Å²) in [7, 11) is 0. The largest absolute Gasteiger partial charge is 0.419 e. The van der Waals surface area contributed by atoms with Crippen LogP contribution in [-0.4, -0.2) is 0 Å². The standard InChI is InChI=1S/C12H7F3N2S/c13-12(14,15)9-8(6-16)11(17)18-10(9)7-4-2-1-3-5-7/h1-5H,17H2. The Balaban J connectivity index is 2.74. The molecule has 2 rings (SSSR count). The Morgan fingerprint density at radius 3 is 2.28 bits per heavy atom. The van der Waals surface area contributed by atoms with Gasteiger partial charge in [0.1, 0.15) is 11.1 Å². The molecule has 1 aromatic heterocycles. The number of nitriles is 1. The van der Waals surface area contributed by atoms with Gasteiger partial charge in [0.25, 0.3) is 0 Å². The number of hydrogen-bond donors (Lipinski definition) is 1. The van der Waals surface area contributed by atoms with Gasteiger partial charge in [-0.3, -0.25) is 0 Å². The second-order valence-corrected chi connectivity index (χ2v) is 4.57. The Bertz CT molecular complexity index is 609. The van der Waals surface area contributed by atoms with E-state index in [1.807, 2.05) is 0 Å². The van der Waals surface area contributed by atoms with Gasteiger partial charge in [0.15, 0.2) is 0 Å². The van der Waals surface area contributed by atoms with Crippen molar-refractivity contribution in [2.45, 2.75) is 6.18 Å². The Morgan fingerprint density at radius 2 is 1.78 bits per heavy atom. The van der Waals surface area contributed by atoms with Crippen LogP contribution in [0.1, 0.15) is 11.1 Å². The molecule has 0 fully saturated rings. The molecule has 0 spiro atoms. The summed E-state index contributed by atoms with van der Waals surface area (Å²) in [5.41, 5.74) is 4.45. The summed E-state index contributed by atoms with van der Waals surface area (Å²) >= 11 is 0.781. The maximum atomic E-state index is 13.0. The molecule has 1 aromatic carbocycles. The van der Waals surface area contributed by atoms with E-state index in [9.17, 15) is 13.2 Å². The summed E-state index contributed by atoms with van der Waals surface area (Å²) in [5.74, 6) is 0. The van der Waals surface area contributed by atoms with Crippen LogP contribution in [0.4, 0.5) is 18.2 Å². The van der Waals surface area contributed by atoms with E-state index >= 15 is 0 Å². The van der Waals surface area contributed by atoms with Gasteiger partial charge in [-0.15, -0.1) is 11.3 Å². The monoisotopic (exact) mass is 268 g/mol.